The SMILES string of the molecule is COc1ccc(OC)c([C@@H](C)N(c2ccc(F)cc2)S(=O)(=O)c2ccc(F)cc2C)c1. The van der Waals surface area contributed by atoms with Crippen molar-refractivity contribution in [3.05, 3.63) is 83.4 Å². The zero-order chi connectivity index (χ0) is 22.8. The van der Waals surface area contributed by atoms with Gasteiger partial charge in [0.05, 0.1) is 30.8 Å². The zero-order valence-corrected chi connectivity index (χ0v) is 18.4. The maximum absolute atomic E-state index is 13.8. The standard InChI is InChI=1S/C23H23F2NO4S/c1-15-13-18(25)7-12-23(15)31(27,28)26(19-8-5-17(24)6-9-19)16(2)21-14-20(29-3)10-11-22(21)30-4/h5-14,16H,1-4H3/t16-/m1/s1. The lowest BCUT2D eigenvalue weighted by atomic mass is 10.1. The van der Waals surface area contributed by atoms with Gasteiger partial charge in [-0.15, -0.1) is 0 Å². The van der Waals surface area contributed by atoms with Crippen molar-refractivity contribution >= 4 is 15.7 Å². The number of hydrogen-bond donors (Lipinski definition) is 0. The summed E-state index contributed by atoms with van der Waals surface area (Å²) in [4.78, 5) is -0.0491. The first kappa shape index (κ1) is 22.6. The van der Waals surface area contributed by atoms with E-state index in [1.807, 2.05) is 0 Å². The van der Waals surface area contributed by atoms with E-state index in [0.717, 1.165) is 12.1 Å². The number of ether oxygens (including phenoxy) is 2. The van der Waals surface area contributed by atoms with Gasteiger partial charge in [-0.05, 0) is 80.1 Å². The van der Waals surface area contributed by atoms with E-state index in [1.165, 1.54) is 55.8 Å². The number of benzene rings is 3. The lowest BCUT2D eigenvalue weighted by Gasteiger charge is -2.32. The average Bonchev–Trinajstić information content (AvgIpc) is 2.74. The van der Waals surface area contributed by atoms with Crippen molar-refractivity contribution in [3.63, 3.8) is 0 Å². The lowest BCUT2D eigenvalue weighted by Crippen LogP contribution is -2.34. The van der Waals surface area contributed by atoms with E-state index in [0.29, 0.717) is 17.1 Å². The number of rotatable bonds is 7. The quantitative estimate of drug-likeness (QED) is 0.497. The molecule has 0 saturated heterocycles. The van der Waals surface area contributed by atoms with Crippen LogP contribution in [0.1, 0.15) is 24.1 Å². The number of methoxy groups -OCH3 is 2. The fourth-order valence-electron chi connectivity index (χ4n) is 3.46. The topological polar surface area (TPSA) is 55.8 Å². The summed E-state index contributed by atoms with van der Waals surface area (Å²) >= 11 is 0. The van der Waals surface area contributed by atoms with Crippen molar-refractivity contribution in [1.82, 2.24) is 0 Å². The van der Waals surface area contributed by atoms with Crippen LogP contribution < -0.4 is 13.8 Å². The van der Waals surface area contributed by atoms with Crippen LogP contribution in [0, 0.1) is 18.6 Å². The van der Waals surface area contributed by atoms with Crippen LogP contribution in [-0.2, 0) is 10.0 Å². The smallest absolute Gasteiger partial charge is 0.265 e. The molecule has 0 aromatic heterocycles. The molecule has 0 aliphatic heterocycles. The Bertz CT molecular complexity index is 1180. The third kappa shape index (κ3) is 4.49. The van der Waals surface area contributed by atoms with Crippen LogP contribution in [0.2, 0.25) is 0 Å². The Morgan fingerprint density at radius 2 is 1.52 bits per heavy atom. The highest BCUT2D eigenvalue weighted by molar-refractivity contribution is 7.92. The minimum absolute atomic E-state index is 0.0491. The number of aryl methyl sites for hydroxylation is 1. The second kappa shape index (κ2) is 8.93. The number of hydrogen-bond acceptors (Lipinski definition) is 4. The largest absolute Gasteiger partial charge is 0.497 e. The van der Waals surface area contributed by atoms with Gasteiger partial charge in [0.25, 0.3) is 10.0 Å². The van der Waals surface area contributed by atoms with E-state index in [-0.39, 0.29) is 16.1 Å². The van der Waals surface area contributed by atoms with Gasteiger partial charge in [-0.2, -0.15) is 0 Å². The van der Waals surface area contributed by atoms with Crippen molar-refractivity contribution in [2.75, 3.05) is 18.5 Å². The summed E-state index contributed by atoms with van der Waals surface area (Å²) in [5.74, 6) is -0.0403. The molecule has 0 spiro atoms. The molecule has 0 heterocycles. The Kier molecular flexibility index (Phi) is 6.50. The molecule has 31 heavy (non-hydrogen) atoms. The number of nitrogens with zero attached hydrogens (tertiary/aromatic N) is 1. The van der Waals surface area contributed by atoms with Gasteiger partial charge >= 0.3 is 0 Å². The maximum atomic E-state index is 13.8. The van der Waals surface area contributed by atoms with Gasteiger partial charge in [0.15, 0.2) is 0 Å². The molecular formula is C23H23F2NO4S. The van der Waals surface area contributed by atoms with E-state index in [9.17, 15) is 17.2 Å². The number of halogens is 2. The van der Waals surface area contributed by atoms with Crippen LogP contribution in [0.4, 0.5) is 14.5 Å². The molecule has 0 bridgehead atoms. The average molecular weight is 448 g/mol. The van der Waals surface area contributed by atoms with Gasteiger partial charge in [-0.25, -0.2) is 17.2 Å². The zero-order valence-electron chi connectivity index (χ0n) is 17.6. The van der Waals surface area contributed by atoms with Crippen LogP contribution in [0.3, 0.4) is 0 Å². The van der Waals surface area contributed by atoms with E-state index in [1.54, 1.807) is 25.1 Å². The molecule has 3 rings (SSSR count). The van der Waals surface area contributed by atoms with E-state index in [4.69, 9.17) is 9.47 Å². The predicted molar refractivity (Wildman–Crippen MR) is 115 cm³/mol. The van der Waals surface area contributed by atoms with E-state index >= 15 is 0 Å². The molecule has 8 heteroatoms. The molecule has 164 valence electrons. The molecule has 0 N–H and O–H groups in total. The summed E-state index contributed by atoms with van der Waals surface area (Å²) in [5, 5.41) is 0. The highest BCUT2D eigenvalue weighted by atomic mass is 32.2. The summed E-state index contributed by atoms with van der Waals surface area (Å²) in [7, 11) is -1.17. The first-order valence-electron chi connectivity index (χ1n) is 9.47. The molecular weight excluding hydrogens is 424 g/mol. The van der Waals surface area contributed by atoms with Crippen LogP contribution in [-0.4, -0.2) is 22.6 Å². The number of anilines is 1. The van der Waals surface area contributed by atoms with Crippen LogP contribution in [0.5, 0.6) is 11.5 Å². The Morgan fingerprint density at radius 3 is 2.10 bits per heavy atom. The fourth-order valence-corrected chi connectivity index (χ4v) is 5.31. The Hall–Kier alpha value is -3.13. The summed E-state index contributed by atoms with van der Waals surface area (Å²) in [6.45, 7) is 3.21. The van der Waals surface area contributed by atoms with Crippen LogP contribution in [0.15, 0.2) is 65.6 Å². The minimum Gasteiger partial charge on any atom is -0.497 e. The van der Waals surface area contributed by atoms with E-state index < -0.39 is 27.7 Å². The summed E-state index contributed by atoms with van der Waals surface area (Å²) < 4.78 is 66.6. The van der Waals surface area contributed by atoms with Crippen LogP contribution in [0.25, 0.3) is 0 Å². The van der Waals surface area contributed by atoms with Crippen molar-refractivity contribution in [1.29, 1.82) is 0 Å². The molecule has 0 aliphatic carbocycles. The third-order valence-corrected chi connectivity index (χ3v) is 7.05. The fraction of sp³-hybridized carbons (Fsp3) is 0.217. The first-order chi connectivity index (χ1) is 14.7. The normalized spacial score (nSPS) is 12.3. The van der Waals surface area contributed by atoms with Crippen molar-refractivity contribution in [2.45, 2.75) is 24.8 Å². The molecule has 0 fully saturated rings. The highest BCUT2D eigenvalue weighted by Gasteiger charge is 2.33. The molecule has 0 amide bonds. The molecule has 1 atom stereocenters. The maximum Gasteiger partial charge on any atom is 0.265 e. The van der Waals surface area contributed by atoms with Gasteiger partial charge < -0.3 is 9.47 Å². The van der Waals surface area contributed by atoms with Gasteiger partial charge in [-0.3, -0.25) is 4.31 Å². The molecule has 0 aliphatic rings. The predicted octanol–water partition coefficient (Wildman–Crippen LogP) is 5.25. The lowest BCUT2D eigenvalue weighted by molar-refractivity contribution is 0.396. The second-order valence-electron chi connectivity index (χ2n) is 6.97. The molecule has 0 radical (unpaired) electrons. The molecule has 0 saturated carbocycles. The summed E-state index contributed by atoms with van der Waals surface area (Å²) in [5.41, 5.74) is 1.06. The molecule has 0 unspecified atom stereocenters. The summed E-state index contributed by atoms with van der Waals surface area (Å²) in [6.07, 6.45) is 0. The number of sulfonamides is 1. The Labute approximate surface area is 180 Å². The van der Waals surface area contributed by atoms with Crippen molar-refractivity contribution in [2.24, 2.45) is 0 Å². The highest BCUT2D eigenvalue weighted by Crippen LogP contribution is 2.39. The van der Waals surface area contributed by atoms with Crippen molar-refractivity contribution in [3.8, 4) is 11.5 Å². The van der Waals surface area contributed by atoms with Gasteiger partial charge in [0.1, 0.15) is 23.1 Å². The van der Waals surface area contributed by atoms with Crippen molar-refractivity contribution < 1.29 is 26.7 Å². The summed E-state index contributed by atoms with van der Waals surface area (Å²) in [6, 6.07) is 12.9. The van der Waals surface area contributed by atoms with Gasteiger partial charge in [0, 0.05) is 5.56 Å². The minimum atomic E-state index is -4.16. The molecule has 5 nitrogen and oxygen atoms in total. The monoisotopic (exact) mass is 447 g/mol. The molecule has 3 aromatic carbocycles. The van der Waals surface area contributed by atoms with Gasteiger partial charge in [0.2, 0.25) is 0 Å². The van der Waals surface area contributed by atoms with Crippen LogP contribution >= 0.6 is 0 Å². The van der Waals surface area contributed by atoms with E-state index in [2.05, 4.69) is 0 Å². The second-order valence-corrected chi connectivity index (χ2v) is 8.75. The Balaban J connectivity index is 2.24. The first-order valence-corrected chi connectivity index (χ1v) is 10.9. The Morgan fingerprint density at radius 1 is 0.871 bits per heavy atom. The third-order valence-electron chi connectivity index (χ3n) is 4.99. The molecule has 3 aromatic rings. The van der Waals surface area contributed by atoms with Gasteiger partial charge in [-0.1, -0.05) is 0 Å².